The van der Waals surface area contributed by atoms with Crippen LogP contribution in [0.4, 0.5) is 15.9 Å². The summed E-state index contributed by atoms with van der Waals surface area (Å²) < 4.78 is 26.8. The van der Waals surface area contributed by atoms with Crippen LogP contribution in [0.3, 0.4) is 0 Å². The Bertz CT molecular complexity index is 1220. The summed E-state index contributed by atoms with van der Waals surface area (Å²) in [6.45, 7) is 0.303. The van der Waals surface area contributed by atoms with E-state index in [9.17, 15) is 4.39 Å². The third-order valence-electron chi connectivity index (χ3n) is 4.03. The number of aromatic nitrogens is 4. The lowest BCUT2D eigenvalue weighted by Gasteiger charge is -2.12. The van der Waals surface area contributed by atoms with Crippen molar-refractivity contribution in [1.82, 2.24) is 19.6 Å². The van der Waals surface area contributed by atoms with Gasteiger partial charge in [0.1, 0.15) is 24.0 Å². The van der Waals surface area contributed by atoms with E-state index < -0.39 is 5.82 Å². The van der Waals surface area contributed by atoms with E-state index in [1.165, 1.54) is 23.0 Å². The molecule has 0 radical (unpaired) electrons. The smallest absolute Gasteiger partial charge is 0.254 e. The SMILES string of the molecule is COCc1cc(Nc2ccc(Oc3ccccc3C#N)c(F)c2)n2ncnc2n1. The van der Waals surface area contributed by atoms with Gasteiger partial charge in [-0.2, -0.15) is 19.9 Å². The van der Waals surface area contributed by atoms with Crippen LogP contribution in [0.5, 0.6) is 11.5 Å². The van der Waals surface area contributed by atoms with Gasteiger partial charge in [-0.3, -0.25) is 0 Å². The normalized spacial score (nSPS) is 10.7. The van der Waals surface area contributed by atoms with E-state index in [1.807, 2.05) is 6.07 Å². The second kappa shape index (κ2) is 7.92. The molecule has 0 spiro atoms. The summed E-state index contributed by atoms with van der Waals surface area (Å²) in [6, 6.07) is 14.9. The molecule has 4 rings (SSSR count). The van der Waals surface area contributed by atoms with Crippen molar-refractivity contribution in [3.63, 3.8) is 0 Å². The van der Waals surface area contributed by atoms with Crippen LogP contribution in [-0.4, -0.2) is 26.7 Å². The van der Waals surface area contributed by atoms with E-state index in [-0.39, 0.29) is 11.5 Å². The maximum absolute atomic E-state index is 14.6. The van der Waals surface area contributed by atoms with Crippen molar-refractivity contribution < 1.29 is 13.9 Å². The Labute approximate surface area is 165 Å². The molecule has 29 heavy (non-hydrogen) atoms. The number of nitrogens with zero attached hydrogens (tertiary/aromatic N) is 5. The van der Waals surface area contributed by atoms with Crippen LogP contribution >= 0.6 is 0 Å². The molecule has 4 aromatic rings. The van der Waals surface area contributed by atoms with Crippen LogP contribution in [0, 0.1) is 17.1 Å². The third-order valence-corrected chi connectivity index (χ3v) is 4.03. The molecule has 2 heterocycles. The Balaban J connectivity index is 1.61. The van der Waals surface area contributed by atoms with Crippen molar-refractivity contribution in [3.05, 3.63) is 71.9 Å². The first kappa shape index (κ1) is 18.3. The van der Waals surface area contributed by atoms with Gasteiger partial charge in [0.15, 0.2) is 11.6 Å². The maximum Gasteiger partial charge on any atom is 0.254 e. The zero-order valence-electron chi connectivity index (χ0n) is 15.3. The van der Waals surface area contributed by atoms with E-state index >= 15 is 0 Å². The summed E-state index contributed by atoms with van der Waals surface area (Å²) in [4.78, 5) is 8.41. The molecule has 0 aliphatic carbocycles. The van der Waals surface area contributed by atoms with Gasteiger partial charge in [0.05, 0.1) is 17.9 Å². The van der Waals surface area contributed by atoms with Crippen LogP contribution < -0.4 is 10.1 Å². The molecule has 0 atom stereocenters. The Kier molecular flexibility index (Phi) is 5.01. The Hall–Kier alpha value is -4.03. The largest absolute Gasteiger partial charge is 0.453 e. The number of benzene rings is 2. The van der Waals surface area contributed by atoms with Gasteiger partial charge >= 0.3 is 0 Å². The van der Waals surface area contributed by atoms with Gasteiger partial charge < -0.3 is 14.8 Å². The fourth-order valence-electron chi connectivity index (χ4n) is 2.75. The van der Waals surface area contributed by atoms with Crippen molar-refractivity contribution >= 4 is 17.3 Å². The number of halogens is 1. The summed E-state index contributed by atoms with van der Waals surface area (Å²) in [5.74, 6) is 0.679. The molecule has 0 amide bonds. The minimum atomic E-state index is -0.580. The lowest BCUT2D eigenvalue weighted by molar-refractivity contribution is 0.181. The molecule has 0 unspecified atom stereocenters. The number of anilines is 2. The number of fused-ring (bicyclic) bond motifs is 1. The Morgan fingerprint density at radius 2 is 2.03 bits per heavy atom. The quantitative estimate of drug-likeness (QED) is 0.534. The van der Waals surface area contributed by atoms with Crippen LogP contribution in [0.2, 0.25) is 0 Å². The van der Waals surface area contributed by atoms with E-state index in [0.717, 1.165) is 0 Å². The first-order chi connectivity index (χ1) is 14.2. The molecule has 0 aliphatic rings. The lowest BCUT2D eigenvalue weighted by Crippen LogP contribution is -2.05. The number of hydrogen-bond donors (Lipinski definition) is 1. The van der Waals surface area contributed by atoms with Gasteiger partial charge in [-0.15, -0.1) is 0 Å². The maximum atomic E-state index is 14.6. The van der Waals surface area contributed by atoms with E-state index in [0.29, 0.717) is 35.1 Å². The number of hydrogen-bond acceptors (Lipinski definition) is 7. The summed E-state index contributed by atoms with van der Waals surface area (Å²) in [5, 5.41) is 16.4. The highest BCUT2D eigenvalue weighted by atomic mass is 19.1. The minimum Gasteiger partial charge on any atom is -0.453 e. The van der Waals surface area contributed by atoms with Crippen LogP contribution in [-0.2, 0) is 11.3 Å². The number of ether oxygens (including phenoxy) is 2. The zero-order valence-corrected chi connectivity index (χ0v) is 15.3. The standard InChI is InChI=1S/C20H15FN6O2/c1-28-11-15-9-19(27-20(26-15)23-12-24-27)25-14-6-7-18(16(21)8-14)29-17-5-3-2-4-13(17)10-22/h2-9,12,25H,11H2,1H3. The number of para-hydroxylation sites is 1. The average Bonchev–Trinajstić information content (AvgIpc) is 3.20. The van der Waals surface area contributed by atoms with Gasteiger partial charge in [0.2, 0.25) is 0 Å². The zero-order chi connectivity index (χ0) is 20.2. The molecular weight excluding hydrogens is 375 g/mol. The van der Waals surface area contributed by atoms with Crippen LogP contribution in [0.1, 0.15) is 11.3 Å². The number of nitrogens with one attached hydrogen (secondary N) is 1. The van der Waals surface area contributed by atoms with Gasteiger partial charge in [0.25, 0.3) is 5.78 Å². The number of rotatable bonds is 6. The van der Waals surface area contributed by atoms with Crippen molar-refractivity contribution in [3.8, 4) is 17.6 Å². The van der Waals surface area contributed by atoms with Crippen LogP contribution in [0.15, 0.2) is 54.9 Å². The first-order valence-electron chi connectivity index (χ1n) is 8.60. The molecule has 0 fully saturated rings. The molecule has 0 saturated carbocycles. The molecule has 0 bridgehead atoms. The number of methoxy groups -OCH3 is 1. The summed E-state index contributed by atoms with van der Waals surface area (Å²) >= 11 is 0. The highest BCUT2D eigenvalue weighted by Crippen LogP contribution is 2.29. The molecule has 9 heteroatoms. The van der Waals surface area contributed by atoms with Gasteiger partial charge in [0, 0.05) is 24.9 Å². The predicted molar refractivity (Wildman–Crippen MR) is 102 cm³/mol. The van der Waals surface area contributed by atoms with Gasteiger partial charge in [-0.05, 0) is 24.3 Å². The molecule has 0 aliphatic heterocycles. The van der Waals surface area contributed by atoms with E-state index in [4.69, 9.17) is 14.7 Å². The molecular formula is C20H15FN6O2. The van der Waals surface area contributed by atoms with E-state index in [1.54, 1.807) is 43.5 Å². The van der Waals surface area contributed by atoms with Crippen molar-refractivity contribution in [2.75, 3.05) is 12.4 Å². The van der Waals surface area contributed by atoms with Gasteiger partial charge in [-0.1, -0.05) is 12.1 Å². The van der Waals surface area contributed by atoms with Crippen molar-refractivity contribution in [2.45, 2.75) is 6.61 Å². The van der Waals surface area contributed by atoms with Crippen molar-refractivity contribution in [2.24, 2.45) is 0 Å². The fraction of sp³-hybridized carbons (Fsp3) is 0.100. The third kappa shape index (κ3) is 3.83. The fourth-order valence-corrected chi connectivity index (χ4v) is 2.75. The highest BCUT2D eigenvalue weighted by Gasteiger charge is 2.12. The second-order valence-electron chi connectivity index (χ2n) is 6.02. The molecule has 0 saturated heterocycles. The van der Waals surface area contributed by atoms with E-state index in [2.05, 4.69) is 20.4 Å². The molecule has 8 nitrogen and oxygen atoms in total. The lowest BCUT2D eigenvalue weighted by atomic mass is 10.2. The predicted octanol–water partition coefficient (Wildman–Crippen LogP) is 3.82. The topological polar surface area (TPSA) is 97.4 Å². The molecule has 144 valence electrons. The molecule has 1 N–H and O–H groups in total. The monoisotopic (exact) mass is 390 g/mol. The Morgan fingerprint density at radius 3 is 2.83 bits per heavy atom. The van der Waals surface area contributed by atoms with Gasteiger partial charge in [-0.25, -0.2) is 9.37 Å². The molecule has 2 aromatic heterocycles. The molecule has 2 aromatic carbocycles. The van der Waals surface area contributed by atoms with Crippen molar-refractivity contribution in [1.29, 1.82) is 5.26 Å². The summed E-state index contributed by atoms with van der Waals surface area (Å²) in [7, 11) is 1.57. The second-order valence-corrected chi connectivity index (χ2v) is 6.02. The minimum absolute atomic E-state index is 0.0129. The average molecular weight is 390 g/mol. The summed E-state index contributed by atoms with van der Waals surface area (Å²) in [5.41, 5.74) is 1.46. The first-order valence-corrected chi connectivity index (χ1v) is 8.60. The Morgan fingerprint density at radius 1 is 1.17 bits per heavy atom. The summed E-state index contributed by atoms with van der Waals surface area (Å²) in [6.07, 6.45) is 1.38. The van der Waals surface area contributed by atoms with Crippen LogP contribution in [0.25, 0.3) is 5.78 Å². The highest BCUT2D eigenvalue weighted by molar-refractivity contribution is 5.60. The number of nitriles is 1.